The van der Waals surface area contributed by atoms with Gasteiger partial charge in [-0.1, -0.05) is 12.1 Å². The van der Waals surface area contributed by atoms with Crippen LogP contribution < -0.4 is 10.2 Å². The minimum atomic E-state index is -0.742. The SMILES string of the molecule is CN(C(=O)Nc1ccc(-c2cc(F)cc(F)c2)cc1F)C1CCN(c2ccccn2)CC1. The molecule has 2 amide bonds. The highest BCUT2D eigenvalue weighted by Gasteiger charge is 2.26. The zero-order valence-electron chi connectivity index (χ0n) is 17.6. The van der Waals surface area contributed by atoms with E-state index in [4.69, 9.17) is 0 Å². The van der Waals surface area contributed by atoms with Crippen LogP contribution in [0, 0.1) is 17.5 Å². The third kappa shape index (κ3) is 4.85. The van der Waals surface area contributed by atoms with Crippen LogP contribution in [0.2, 0.25) is 0 Å². The van der Waals surface area contributed by atoms with E-state index in [0.29, 0.717) is 5.56 Å². The fraction of sp³-hybridized carbons (Fsp3) is 0.250. The summed E-state index contributed by atoms with van der Waals surface area (Å²) in [6.07, 6.45) is 3.30. The molecule has 1 N–H and O–H groups in total. The first-order valence-corrected chi connectivity index (χ1v) is 10.4. The lowest BCUT2D eigenvalue weighted by Gasteiger charge is -2.37. The summed E-state index contributed by atoms with van der Waals surface area (Å²) >= 11 is 0. The van der Waals surface area contributed by atoms with Crippen molar-refractivity contribution in [1.29, 1.82) is 0 Å². The van der Waals surface area contributed by atoms with Crippen LogP contribution in [0.3, 0.4) is 0 Å². The van der Waals surface area contributed by atoms with Crippen molar-refractivity contribution in [2.45, 2.75) is 18.9 Å². The summed E-state index contributed by atoms with van der Waals surface area (Å²) in [6, 6.07) is 12.4. The maximum absolute atomic E-state index is 14.6. The number of anilines is 2. The second-order valence-electron chi connectivity index (χ2n) is 7.80. The van der Waals surface area contributed by atoms with E-state index in [1.165, 1.54) is 12.1 Å². The quantitative estimate of drug-likeness (QED) is 0.599. The Morgan fingerprint density at radius 3 is 2.34 bits per heavy atom. The van der Waals surface area contributed by atoms with E-state index in [-0.39, 0.29) is 17.3 Å². The molecule has 1 fully saturated rings. The molecule has 32 heavy (non-hydrogen) atoms. The zero-order valence-corrected chi connectivity index (χ0v) is 17.6. The molecule has 1 aromatic heterocycles. The molecule has 1 saturated heterocycles. The molecule has 1 aliphatic rings. The Kier molecular flexibility index (Phi) is 6.30. The summed E-state index contributed by atoms with van der Waals surface area (Å²) in [5.41, 5.74) is 0.540. The van der Waals surface area contributed by atoms with E-state index < -0.39 is 23.5 Å². The minimum Gasteiger partial charge on any atom is -0.356 e. The van der Waals surface area contributed by atoms with Gasteiger partial charge in [-0.25, -0.2) is 22.9 Å². The second-order valence-corrected chi connectivity index (χ2v) is 7.80. The number of carbonyl (C=O) groups excluding carboxylic acids is 1. The van der Waals surface area contributed by atoms with Crippen LogP contribution in [0.1, 0.15) is 12.8 Å². The van der Waals surface area contributed by atoms with Gasteiger partial charge in [0.1, 0.15) is 23.3 Å². The molecule has 0 aliphatic carbocycles. The smallest absolute Gasteiger partial charge is 0.321 e. The molecule has 3 aromatic rings. The van der Waals surface area contributed by atoms with Gasteiger partial charge in [0, 0.05) is 38.4 Å². The number of urea groups is 1. The van der Waals surface area contributed by atoms with Gasteiger partial charge >= 0.3 is 6.03 Å². The molecule has 8 heteroatoms. The van der Waals surface area contributed by atoms with Crippen LogP contribution >= 0.6 is 0 Å². The molecule has 0 bridgehead atoms. The molecular weight excluding hydrogens is 417 g/mol. The summed E-state index contributed by atoms with van der Waals surface area (Å²) in [7, 11) is 1.69. The van der Waals surface area contributed by atoms with Gasteiger partial charge in [0.2, 0.25) is 0 Å². The van der Waals surface area contributed by atoms with Gasteiger partial charge in [-0.15, -0.1) is 0 Å². The summed E-state index contributed by atoms with van der Waals surface area (Å²) in [4.78, 5) is 20.8. The molecule has 2 heterocycles. The van der Waals surface area contributed by atoms with Gasteiger partial charge in [-0.05, 0) is 60.4 Å². The number of amides is 2. The highest BCUT2D eigenvalue weighted by atomic mass is 19.1. The fourth-order valence-electron chi connectivity index (χ4n) is 3.91. The molecule has 1 aliphatic heterocycles. The molecule has 5 nitrogen and oxygen atoms in total. The highest BCUT2D eigenvalue weighted by Crippen LogP contribution is 2.27. The first-order valence-electron chi connectivity index (χ1n) is 10.4. The lowest BCUT2D eigenvalue weighted by atomic mass is 10.0. The van der Waals surface area contributed by atoms with Crippen molar-refractivity contribution in [1.82, 2.24) is 9.88 Å². The van der Waals surface area contributed by atoms with E-state index in [1.54, 1.807) is 18.1 Å². The van der Waals surface area contributed by atoms with Crippen LogP contribution in [-0.2, 0) is 0 Å². The number of halogens is 3. The van der Waals surface area contributed by atoms with Crippen molar-refractivity contribution < 1.29 is 18.0 Å². The Bertz CT molecular complexity index is 1080. The number of aromatic nitrogens is 1. The van der Waals surface area contributed by atoms with E-state index in [2.05, 4.69) is 15.2 Å². The predicted molar refractivity (Wildman–Crippen MR) is 118 cm³/mol. The number of nitrogens with one attached hydrogen (secondary N) is 1. The van der Waals surface area contributed by atoms with Crippen molar-refractivity contribution >= 4 is 17.5 Å². The third-order valence-electron chi connectivity index (χ3n) is 5.71. The monoisotopic (exact) mass is 440 g/mol. The molecular formula is C24H23F3N4O. The summed E-state index contributed by atoms with van der Waals surface area (Å²) in [5.74, 6) is -1.25. The maximum atomic E-state index is 14.6. The lowest BCUT2D eigenvalue weighted by Crippen LogP contribution is -2.47. The molecule has 0 atom stereocenters. The Morgan fingerprint density at radius 2 is 1.72 bits per heavy atom. The standard InChI is InChI=1S/C24H23F3N4O/c1-30(20-7-10-31(11-8-20)23-4-2-3-9-28-23)24(32)29-22-6-5-16(14-21(22)27)17-12-18(25)15-19(26)13-17/h2-6,9,12-15,20H,7-8,10-11H2,1H3,(H,29,32). The summed E-state index contributed by atoms with van der Waals surface area (Å²) in [6.45, 7) is 1.54. The number of rotatable bonds is 4. The Morgan fingerprint density at radius 1 is 1.00 bits per heavy atom. The molecule has 2 aromatic carbocycles. The minimum absolute atomic E-state index is 0.00777. The fourth-order valence-corrected chi connectivity index (χ4v) is 3.91. The Labute approximate surface area is 184 Å². The number of hydrogen-bond acceptors (Lipinski definition) is 3. The van der Waals surface area contributed by atoms with Crippen LogP contribution in [0.15, 0.2) is 60.8 Å². The largest absolute Gasteiger partial charge is 0.356 e. The number of pyridine rings is 1. The van der Waals surface area contributed by atoms with Crippen LogP contribution in [0.5, 0.6) is 0 Å². The van der Waals surface area contributed by atoms with Crippen LogP contribution in [-0.4, -0.2) is 42.1 Å². The van der Waals surface area contributed by atoms with Crippen molar-refractivity contribution in [3.63, 3.8) is 0 Å². The van der Waals surface area contributed by atoms with Gasteiger partial charge in [-0.2, -0.15) is 0 Å². The highest BCUT2D eigenvalue weighted by molar-refractivity contribution is 5.90. The van der Waals surface area contributed by atoms with Gasteiger partial charge in [0.25, 0.3) is 0 Å². The van der Waals surface area contributed by atoms with E-state index >= 15 is 0 Å². The number of benzene rings is 2. The van der Waals surface area contributed by atoms with E-state index in [9.17, 15) is 18.0 Å². The number of piperidine rings is 1. The Hall–Kier alpha value is -3.55. The Balaban J connectivity index is 1.38. The topological polar surface area (TPSA) is 48.5 Å². The van der Waals surface area contributed by atoms with E-state index in [1.807, 2.05) is 18.2 Å². The summed E-state index contributed by atoms with van der Waals surface area (Å²) < 4.78 is 41.5. The molecule has 166 valence electrons. The number of nitrogens with zero attached hydrogens (tertiary/aromatic N) is 3. The van der Waals surface area contributed by atoms with Crippen LogP contribution in [0.25, 0.3) is 11.1 Å². The second kappa shape index (κ2) is 9.30. The van der Waals surface area contributed by atoms with Gasteiger partial charge in [0.05, 0.1) is 5.69 Å². The predicted octanol–water partition coefficient (Wildman–Crippen LogP) is 5.30. The summed E-state index contributed by atoms with van der Waals surface area (Å²) in [5, 5.41) is 2.59. The average Bonchev–Trinajstić information content (AvgIpc) is 2.80. The van der Waals surface area contributed by atoms with Crippen molar-refractivity contribution in [2.24, 2.45) is 0 Å². The molecule has 0 radical (unpaired) electrons. The first kappa shape index (κ1) is 21.7. The van der Waals surface area contributed by atoms with Crippen LogP contribution in [0.4, 0.5) is 29.5 Å². The average molecular weight is 440 g/mol. The number of hydrogen-bond donors (Lipinski definition) is 1. The van der Waals surface area contributed by atoms with Gasteiger partial charge in [0.15, 0.2) is 0 Å². The molecule has 0 spiro atoms. The normalized spacial score (nSPS) is 14.3. The lowest BCUT2D eigenvalue weighted by molar-refractivity contribution is 0.193. The molecule has 0 unspecified atom stereocenters. The van der Waals surface area contributed by atoms with E-state index in [0.717, 1.165) is 56.0 Å². The zero-order chi connectivity index (χ0) is 22.7. The first-order chi connectivity index (χ1) is 15.4. The van der Waals surface area contributed by atoms with Crippen molar-refractivity contribution in [3.8, 4) is 11.1 Å². The van der Waals surface area contributed by atoms with Gasteiger partial charge < -0.3 is 15.1 Å². The maximum Gasteiger partial charge on any atom is 0.321 e. The van der Waals surface area contributed by atoms with Crippen molar-refractivity contribution in [2.75, 3.05) is 30.4 Å². The number of carbonyl (C=O) groups is 1. The molecule has 4 rings (SSSR count). The van der Waals surface area contributed by atoms with Gasteiger partial charge in [-0.3, -0.25) is 0 Å². The third-order valence-corrected chi connectivity index (χ3v) is 5.71. The van der Waals surface area contributed by atoms with Crippen molar-refractivity contribution in [3.05, 3.63) is 78.2 Å². The molecule has 0 saturated carbocycles.